The maximum atomic E-state index is 9.10. The van der Waals surface area contributed by atoms with Crippen molar-refractivity contribution in [2.24, 2.45) is 0 Å². The van der Waals surface area contributed by atoms with Gasteiger partial charge in [-0.2, -0.15) is 0 Å². The predicted octanol–water partition coefficient (Wildman–Crippen LogP) is -3.48. The van der Waals surface area contributed by atoms with Crippen LogP contribution in [-0.2, 0) is 14.2 Å². The van der Waals surface area contributed by atoms with Gasteiger partial charge in [0.25, 0.3) is 0 Å². The summed E-state index contributed by atoms with van der Waals surface area (Å²) in [7, 11) is 0. The lowest BCUT2D eigenvalue weighted by Crippen LogP contribution is -2.46. The molecule has 9 nitrogen and oxygen atoms in total. The van der Waals surface area contributed by atoms with Gasteiger partial charge in [-0.25, -0.2) is 0 Å². The van der Waals surface area contributed by atoms with Crippen LogP contribution in [0.3, 0.4) is 0 Å². The molecule has 2 aliphatic heterocycles. The van der Waals surface area contributed by atoms with Gasteiger partial charge in [-0.3, -0.25) is 0 Å². The first-order valence-electron chi connectivity index (χ1n) is 6.32. The summed E-state index contributed by atoms with van der Waals surface area (Å²) in [5.41, 5.74) is 0. The third-order valence-corrected chi connectivity index (χ3v) is 2.94. The van der Waals surface area contributed by atoms with Crippen molar-refractivity contribution in [3.63, 3.8) is 0 Å². The Hall–Kier alpha value is -0.360. The lowest BCUT2D eigenvalue weighted by molar-refractivity contribution is -0.304. The number of aliphatic hydroxyl groups excluding tert-OH is 6. The molecule has 6 atom stereocenters. The van der Waals surface area contributed by atoms with Gasteiger partial charge < -0.3 is 44.8 Å². The summed E-state index contributed by atoms with van der Waals surface area (Å²) in [5, 5.41) is 52.9. The van der Waals surface area contributed by atoms with Gasteiger partial charge in [-0.05, 0) is 6.42 Å². The Labute approximate surface area is 115 Å². The molecule has 0 spiro atoms. The van der Waals surface area contributed by atoms with Crippen LogP contribution < -0.4 is 0 Å². The van der Waals surface area contributed by atoms with Crippen molar-refractivity contribution >= 4 is 0 Å². The van der Waals surface area contributed by atoms with Gasteiger partial charge in [-0.1, -0.05) is 0 Å². The fourth-order valence-corrected chi connectivity index (χ4v) is 1.75. The van der Waals surface area contributed by atoms with Gasteiger partial charge in [0.1, 0.15) is 24.9 Å². The molecule has 0 aromatic carbocycles. The molecule has 2 heterocycles. The highest BCUT2D eigenvalue weighted by molar-refractivity contribution is 4.79. The van der Waals surface area contributed by atoms with E-state index in [1.807, 2.05) is 0 Å². The zero-order valence-electron chi connectivity index (χ0n) is 10.9. The fourth-order valence-electron chi connectivity index (χ4n) is 1.75. The average molecular weight is 298 g/mol. The van der Waals surface area contributed by atoms with E-state index in [1.165, 1.54) is 0 Å². The quantitative estimate of drug-likeness (QED) is 0.305. The van der Waals surface area contributed by atoms with Crippen LogP contribution in [0.4, 0.5) is 0 Å². The van der Waals surface area contributed by atoms with E-state index in [2.05, 4.69) is 9.47 Å². The van der Waals surface area contributed by atoms with E-state index in [1.54, 1.807) is 0 Å². The maximum absolute atomic E-state index is 9.10. The van der Waals surface area contributed by atoms with E-state index in [0.717, 1.165) is 0 Å². The fraction of sp³-hybridized carbons (Fsp3) is 1.00. The Morgan fingerprint density at radius 3 is 2.05 bits per heavy atom. The van der Waals surface area contributed by atoms with Gasteiger partial charge in [0.15, 0.2) is 12.6 Å². The highest BCUT2D eigenvalue weighted by Crippen LogP contribution is 2.13. The van der Waals surface area contributed by atoms with Gasteiger partial charge in [0.05, 0.1) is 19.3 Å². The van der Waals surface area contributed by atoms with Crippen molar-refractivity contribution in [1.29, 1.82) is 0 Å². The Balaban J connectivity index is 0.000000200. The molecule has 9 heteroatoms. The molecule has 0 saturated carbocycles. The molecule has 0 radical (unpaired) electrons. The molecule has 2 fully saturated rings. The zero-order valence-corrected chi connectivity index (χ0v) is 10.9. The third-order valence-electron chi connectivity index (χ3n) is 2.94. The molecule has 2 rings (SSSR count). The van der Waals surface area contributed by atoms with Crippen LogP contribution in [0.5, 0.6) is 0 Å². The topological polar surface area (TPSA) is 149 Å². The van der Waals surface area contributed by atoms with E-state index < -0.39 is 37.0 Å². The zero-order chi connectivity index (χ0) is 15.1. The van der Waals surface area contributed by atoms with E-state index in [-0.39, 0.29) is 19.8 Å². The Kier molecular flexibility index (Phi) is 7.80. The summed E-state index contributed by atoms with van der Waals surface area (Å²) in [5.74, 6) is 0. The second-order valence-corrected chi connectivity index (χ2v) is 4.47. The second kappa shape index (κ2) is 8.82. The van der Waals surface area contributed by atoms with Crippen molar-refractivity contribution < 1.29 is 44.8 Å². The highest BCUT2D eigenvalue weighted by Gasteiger charge is 2.30. The number of rotatable bonds is 2. The van der Waals surface area contributed by atoms with Gasteiger partial charge in [-0.15, -0.1) is 0 Å². The van der Waals surface area contributed by atoms with Crippen LogP contribution in [0.2, 0.25) is 0 Å². The van der Waals surface area contributed by atoms with Gasteiger partial charge >= 0.3 is 0 Å². The number of hydrogen-bond donors (Lipinski definition) is 6. The van der Waals surface area contributed by atoms with E-state index >= 15 is 0 Å². The normalized spacial score (nSPS) is 41.7. The maximum Gasteiger partial charge on any atom is 0.183 e. The SMILES string of the molecule is OCC1OCCC(O)[C@@H]1O.OCC1O[C@H](O)CO[C@@H]1O. The Morgan fingerprint density at radius 2 is 1.55 bits per heavy atom. The molecule has 3 unspecified atom stereocenters. The largest absolute Gasteiger partial charge is 0.394 e. The molecule has 0 bridgehead atoms. The standard InChI is InChI=1S/C6H12O4.C5H10O5/c7-3-5-6(9)4(8)1-2-10-5;6-1-3-5(8)9-2-4(7)10-3/h4-9H,1-3H2;3-8H,1-2H2/t4?,5?,6-;3?,4-,5-/m00/s1. The third kappa shape index (κ3) is 5.20. The molecule has 6 N–H and O–H groups in total. The van der Waals surface area contributed by atoms with Gasteiger partial charge in [0, 0.05) is 6.61 Å². The molecule has 0 aromatic heterocycles. The molecule has 20 heavy (non-hydrogen) atoms. The summed E-state index contributed by atoms with van der Waals surface area (Å²) in [4.78, 5) is 0. The lowest BCUT2D eigenvalue weighted by Gasteiger charge is -2.30. The Morgan fingerprint density at radius 1 is 0.900 bits per heavy atom. The molecule has 0 amide bonds. The minimum atomic E-state index is -1.13. The molecular formula is C11H22O9. The van der Waals surface area contributed by atoms with Crippen LogP contribution in [0, 0.1) is 0 Å². The molecule has 0 aromatic rings. The first-order valence-corrected chi connectivity index (χ1v) is 6.32. The molecule has 2 aliphatic rings. The van der Waals surface area contributed by atoms with E-state index in [4.69, 9.17) is 35.4 Å². The highest BCUT2D eigenvalue weighted by atomic mass is 16.7. The molecule has 2 saturated heterocycles. The second-order valence-electron chi connectivity index (χ2n) is 4.47. The van der Waals surface area contributed by atoms with Crippen LogP contribution in [-0.4, -0.2) is 94.1 Å². The summed E-state index contributed by atoms with van der Waals surface area (Å²) in [6.45, 7) is -0.252. The summed E-state index contributed by atoms with van der Waals surface area (Å²) in [6, 6.07) is 0. The first kappa shape index (κ1) is 17.7. The van der Waals surface area contributed by atoms with E-state index in [9.17, 15) is 0 Å². The van der Waals surface area contributed by atoms with Crippen LogP contribution in [0.15, 0.2) is 0 Å². The van der Waals surface area contributed by atoms with Crippen molar-refractivity contribution in [1.82, 2.24) is 0 Å². The predicted molar refractivity (Wildman–Crippen MR) is 63.4 cm³/mol. The number of ether oxygens (including phenoxy) is 3. The average Bonchev–Trinajstić information content (AvgIpc) is 2.45. The van der Waals surface area contributed by atoms with Crippen molar-refractivity contribution in [2.45, 2.75) is 43.4 Å². The minimum Gasteiger partial charge on any atom is -0.394 e. The van der Waals surface area contributed by atoms with Crippen molar-refractivity contribution in [3.8, 4) is 0 Å². The van der Waals surface area contributed by atoms with Crippen molar-refractivity contribution in [3.05, 3.63) is 0 Å². The lowest BCUT2D eigenvalue weighted by atomic mass is 10.0. The monoisotopic (exact) mass is 298 g/mol. The smallest absolute Gasteiger partial charge is 0.183 e. The first-order chi connectivity index (χ1) is 9.49. The minimum absolute atomic E-state index is 0.0579. The molecule has 120 valence electrons. The summed E-state index contributed by atoms with van der Waals surface area (Å²) in [6.07, 6.45) is -4.84. The Bertz CT molecular complexity index is 260. The van der Waals surface area contributed by atoms with Crippen LogP contribution in [0.1, 0.15) is 6.42 Å². The van der Waals surface area contributed by atoms with E-state index in [0.29, 0.717) is 13.0 Å². The molecule has 0 aliphatic carbocycles. The van der Waals surface area contributed by atoms with Crippen LogP contribution >= 0.6 is 0 Å². The van der Waals surface area contributed by atoms with Crippen LogP contribution in [0.25, 0.3) is 0 Å². The summed E-state index contributed by atoms with van der Waals surface area (Å²) < 4.78 is 14.2. The molecular weight excluding hydrogens is 276 g/mol. The van der Waals surface area contributed by atoms with Gasteiger partial charge in [0.2, 0.25) is 0 Å². The number of hydrogen-bond acceptors (Lipinski definition) is 9. The van der Waals surface area contributed by atoms with Crippen molar-refractivity contribution in [2.75, 3.05) is 26.4 Å². The summed E-state index contributed by atoms with van der Waals surface area (Å²) >= 11 is 0. The number of aliphatic hydroxyl groups is 6.